The lowest BCUT2D eigenvalue weighted by Crippen LogP contribution is -2.43. The standard InChI is InChI=1S/C23H27N5O2/c1-17-6-4-5-15-27(17)22(29)16-28-20-8-3-2-7-19(20)26-21(28)11-14-25-23(30)18-9-12-24-13-10-18/h2-3,7-10,12-13,17H,4-6,11,14-16H2,1H3,(H,25,30). The van der Waals surface area contributed by atoms with Gasteiger partial charge in [0.1, 0.15) is 12.4 Å². The van der Waals surface area contributed by atoms with Crippen LogP contribution in [0.2, 0.25) is 0 Å². The molecule has 0 aliphatic carbocycles. The summed E-state index contributed by atoms with van der Waals surface area (Å²) < 4.78 is 2.00. The van der Waals surface area contributed by atoms with Crippen molar-refractivity contribution in [1.82, 2.24) is 24.8 Å². The second-order valence-corrected chi connectivity index (χ2v) is 7.78. The number of carbonyl (C=O) groups excluding carboxylic acids is 2. The first-order chi connectivity index (χ1) is 14.6. The molecular weight excluding hydrogens is 378 g/mol. The van der Waals surface area contributed by atoms with E-state index < -0.39 is 0 Å². The fourth-order valence-corrected chi connectivity index (χ4v) is 4.08. The molecule has 7 nitrogen and oxygen atoms in total. The lowest BCUT2D eigenvalue weighted by molar-refractivity contribution is -0.135. The quantitative estimate of drug-likeness (QED) is 0.684. The van der Waals surface area contributed by atoms with Gasteiger partial charge in [-0.3, -0.25) is 14.6 Å². The van der Waals surface area contributed by atoms with E-state index in [0.717, 1.165) is 36.2 Å². The van der Waals surface area contributed by atoms with Crippen molar-refractivity contribution in [3.8, 4) is 0 Å². The third-order valence-corrected chi connectivity index (χ3v) is 5.73. The zero-order valence-corrected chi connectivity index (χ0v) is 17.3. The number of rotatable bonds is 6. The maximum absolute atomic E-state index is 13.0. The lowest BCUT2D eigenvalue weighted by Gasteiger charge is -2.33. The number of fused-ring (bicyclic) bond motifs is 1. The summed E-state index contributed by atoms with van der Waals surface area (Å²) in [5.41, 5.74) is 2.39. The summed E-state index contributed by atoms with van der Waals surface area (Å²) >= 11 is 0. The lowest BCUT2D eigenvalue weighted by atomic mass is 10.0. The molecule has 3 aromatic rings. The van der Waals surface area contributed by atoms with Gasteiger partial charge in [0.2, 0.25) is 5.91 Å². The van der Waals surface area contributed by atoms with Gasteiger partial charge in [0.25, 0.3) is 5.91 Å². The predicted octanol–water partition coefficient (Wildman–Crippen LogP) is 2.80. The molecule has 1 fully saturated rings. The molecule has 1 aromatic carbocycles. The molecule has 0 bridgehead atoms. The molecule has 2 aromatic heterocycles. The Morgan fingerprint density at radius 1 is 1.13 bits per heavy atom. The highest BCUT2D eigenvalue weighted by atomic mass is 16.2. The Morgan fingerprint density at radius 2 is 1.93 bits per heavy atom. The topological polar surface area (TPSA) is 80.1 Å². The molecule has 0 saturated carbocycles. The van der Waals surface area contributed by atoms with Crippen LogP contribution in [0.15, 0.2) is 48.8 Å². The van der Waals surface area contributed by atoms with Gasteiger partial charge in [0.15, 0.2) is 0 Å². The molecule has 1 N–H and O–H groups in total. The van der Waals surface area contributed by atoms with Crippen LogP contribution in [0.1, 0.15) is 42.4 Å². The number of piperidine rings is 1. The van der Waals surface area contributed by atoms with Crippen LogP contribution in [-0.4, -0.2) is 50.4 Å². The molecule has 1 aliphatic rings. The largest absolute Gasteiger partial charge is 0.352 e. The molecule has 0 spiro atoms. The average molecular weight is 406 g/mol. The SMILES string of the molecule is CC1CCCCN1C(=O)Cn1c(CCNC(=O)c2ccncc2)nc2ccccc21. The van der Waals surface area contributed by atoms with Gasteiger partial charge in [-0.15, -0.1) is 0 Å². The zero-order chi connectivity index (χ0) is 20.9. The number of carbonyl (C=O) groups is 2. The van der Waals surface area contributed by atoms with E-state index in [4.69, 9.17) is 4.98 Å². The van der Waals surface area contributed by atoms with E-state index in [2.05, 4.69) is 17.2 Å². The third kappa shape index (κ3) is 4.35. The smallest absolute Gasteiger partial charge is 0.251 e. The van der Waals surface area contributed by atoms with Gasteiger partial charge in [-0.1, -0.05) is 12.1 Å². The molecule has 1 saturated heterocycles. The minimum atomic E-state index is -0.140. The Balaban J connectivity index is 1.49. The summed E-state index contributed by atoms with van der Waals surface area (Å²) in [7, 11) is 0. The Kier molecular flexibility index (Phi) is 6.07. The number of hydrogen-bond acceptors (Lipinski definition) is 4. The number of aromatic nitrogens is 3. The van der Waals surface area contributed by atoms with Gasteiger partial charge in [-0.25, -0.2) is 4.98 Å². The van der Waals surface area contributed by atoms with E-state index in [9.17, 15) is 9.59 Å². The van der Waals surface area contributed by atoms with Crippen LogP contribution >= 0.6 is 0 Å². The van der Waals surface area contributed by atoms with Crippen molar-refractivity contribution in [3.05, 3.63) is 60.2 Å². The summed E-state index contributed by atoms with van der Waals surface area (Å²) in [6, 6.07) is 11.5. The van der Waals surface area contributed by atoms with Crippen LogP contribution in [0.3, 0.4) is 0 Å². The molecular formula is C23H27N5O2. The number of hydrogen-bond donors (Lipinski definition) is 1. The fraction of sp³-hybridized carbons (Fsp3) is 0.391. The minimum Gasteiger partial charge on any atom is -0.352 e. The van der Waals surface area contributed by atoms with Crippen LogP contribution in [0.25, 0.3) is 11.0 Å². The first-order valence-electron chi connectivity index (χ1n) is 10.6. The molecule has 3 heterocycles. The van der Waals surface area contributed by atoms with E-state index in [1.807, 2.05) is 33.7 Å². The van der Waals surface area contributed by atoms with E-state index >= 15 is 0 Å². The minimum absolute atomic E-state index is 0.132. The van der Waals surface area contributed by atoms with Gasteiger partial charge in [0, 0.05) is 43.5 Å². The third-order valence-electron chi connectivity index (χ3n) is 5.73. The van der Waals surface area contributed by atoms with Gasteiger partial charge in [-0.2, -0.15) is 0 Å². The Bertz CT molecular complexity index is 1030. The van der Waals surface area contributed by atoms with Crippen molar-refractivity contribution in [2.75, 3.05) is 13.1 Å². The summed E-state index contributed by atoms with van der Waals surface area (Å²) in [6.45, 7) is 3.67. The molecule has 156 valence electrons. The van der Waals surface area contributed by atoms with Crippen molar-refractivity contribution in [2.24, 2.45) is 0 Å². The molecule has 0 radical (unpaired) electrons. The average Bonchev–Trinajstić information content (AvgIpc) is 3.12. The van der Waals surface area contributed by atoms with Crippen molar-refractivity contribution in [1.29, 1.82) is 0 Å². The van der Waals surface area contributed by atoms with Crippen molar-refractivity contribution >= 4 is 22.8 Å². The fourth-order valence-electron chi connectivity index (χ4n) is 4.08. The summed E-state index contributed by atoms with van der Waals surface area (Å²) in [5.74, 6) is 0.801. The number of nitrogens with one attached hydrogen (secondary N) is 1. The predicted molar refractivity (Wildman–Crippen MR) is 115 cm³/mol. The van der Waals surface area contributed by atoms with Gasteiger partial charge in [-0.05, 0) is 50.5 Å². The van der Waals surface area contributed by atoms with Crippen molar-refractivity contribution in [2.45, 2.75) is 45.2 Å². The molecule has 4 rings (SSSR count). The Morgan fingerprint density at radius 3 is 2.73 bits per heavy atom. The van der Waals surface area contributed by atoms with Gasteiger partial charge in [0.05, 0.1) is 11.0 Å². The number of nitrogens with zero attached hydrogens (tertiary/aromatic N) is 4. The Hall–Kier alpha value is -3.22. The number of amides is 2. The van der Waals surface area contributed by atoms with E-state index in [0.29, 0.717) is 18.5 Å². The second-order valence-electron chi connectivity index (χ2n) is 7.78. The maximum Gasteiger partial charge on any atom is 0.251 e. The van der Waals surface area contributed by atoms with Crippen LogP contribution in [0.4, 0.5) is 0 Å². The maximum atomic E-state index is 13.0. The first kappa shape index (κ1) is 20.1. The second kappa shape index (κ2) is 9.07. The summed E-state index contributed by atoms with van der Waals surface area (Å²) in [5, 5.41) is 2.93. The Labute approximate surface area is 176 Å². The highest BCUT2D eigenvalue weighted by molar-refractivity contribution is 5.93. The number of para-hydroxylation sites is 2. The van der Waals surface area contributed by atoms with Crippen LogP contribution < -0.4 is 5.32 Å². The summed E-state index contributed by atoms with van der Waals surface area (Å²) in [4.78, 5) is 36.0. The monoisotopic (exact) mass is 405 g/mol. The first-order valence-corrected chi connectivity index (χ1v) is 10.6. The number of imidazole rings is 1. The molecule has 7 heteroatoms. The molecule has 1 atom stereocenters. The van der Waals surface area contributed by atoms with Crippen LogP contribution in [-0.2, 0) is 17.8 Å². The normalized spacial score (nSPS) is 16.6. The van der Waals surface area contributed by atoms with Crippen molar-refractivity contribution in [3.63, 3.8) is 0 Å². The van der Waals surface area contributed by atoms with Crippen LogP contribution in [0, 0.1) is 0 Å². The number of likely N-dealkylation sites (tertiary alicyclic amines) is 1. The van der Waals surface area contributed by atoms with Gasteiger partial charge >= 0.3 is 0 Å². The van der Waals surface area contributed by atoms with Crippen LogP contribution in [0.5, 0.6) is 0 Å². The number of benzene rings is 1. The molecule has 1 aliphatic heterocycles. The zero-order valence-electron chi connectivity index (χ0n) is 17.3. The van der Waals surface area contributed by atoms with Crippen molar-refractivity contribution < 1.29 is 9.59 Å². The van der Waals surface area contributed by atoms with Gasteiger partial charge < -0.3 is 14.8 Å². The van der Waals surface area contributed by atoms with E-state index in [1.165, 1.54) is 6.42 Å². The highest BCUT2D eigenvalue weighted by Gasteiger charge is 2.24. The molecule has 1 unspecified atom stereocenters. The highest BCUT2D eigenvalue weighted by Crippen LogP contribution is 2.20. The molecule has 2 amide bonds. The summed E-state index contributed by atoms with van der Waals surface area (Å²) in [6.07, 6.45) is 7.05. The molecule has 30 heavy (non-hydrogen) atoms. The number of pyridine rings is 1. The van der Waals surface area contributed by atoms with E-state index in [-0.39, 0.29) is 24.4 Å². The van der Waals surface area contributed by atoms with E-state index in [1.54, 1.807) is 24.5 Å².